The van der Waals surface area contributed by atoms with E-state index in [2.05, 4.69) is 20.6 Å². The van der Waals surface area contributed by atoms with Gasteiger partial charge in [0.25, 0.3) is 5.91 Å². The molecule has 23 heavy (non-hydrogen) atoms. The van der Waals surface area contributed by atoms with Gasteiger partial charge in [-0.1, -0.05) is 29.8 Å². The summed E-state index contributed by atoms with van der Waals surface area (Å²) >= 11 is 0. The fraction of sp³-hybridized carbons (Fsp3) is 0.118. The molecule has 1 aromatic heterocycles. The molecule has 1 heterocycles. The van der Waals surface area contributed by atoms with Gasteiger partial charge in [-0.25, -0.2) is 4.98 Å². The number of nitrogens with zero attached hydrogens (tertiary/aromatic N) is 1. The van der Waals surface area contributed by atoms with Crippen LogP contribution in [0.15, 0.2) is 48.5 Å². The van der Waals surface area contributed by atoms with Gasteiger partial charge in [0, 0.05) is 5.56 Å². The molecule has 0 unspecified atom stereocenters. The number of H-pyrrole nitrogens is 1. The molecule has 3 N–H and O–H groups in total. The Morgan fingerprint density at radius 2 is 1.83 bits per heavy atom. The van der Waals surface area contributed by atoms with E-state index >= 15 is 0 Å². The maximum absolute atomic E-state index is 11.9. The van der Waals surface area contributed by atoms with Crippen molar-refractivity contribution in [2.24, 2.45) is 0 Å². The number of carbonyl (C=O) groups is 2. The van der Waals surface area contributed by atoms with Gasteiger partial charge in [0.15, 0.2) is 0 Å². The van der Waals surface area contributed by atoms with E-state index in [4.69, 9.17) is 0 Å². The standard InChI is InChI=1S/C17H16N4O2/c1-11-6-8-12(9-7-11)16(23)18-10-15(22)21-17-19-13-4-2-3-5-14(13)20-17/h2-9H,10H2,1H3,(H,18,23)(H2,19,20,21,22). The number of imidazole rings is 1. The third-order valence-corrected chi connectivity index (χ3v) is 3.37. The quantitative estimate of drug-likeness (QED) is 0.691. The molecule has 0 radical (unpaired) electrons. The van der Waals surface area contributed by atoms with Crippen LogP contribution >= 0.6 is 0 Å². The molecule has 0 saturated carbocycles. The van der Waals surface area contributed by atoms with Crippen LogP contribution in [0.1, 0.15) is 15.9 Å². The zero-order valence-corrected chi connectivity index (χ0v) is 12.6. The summed E-state index contributed by atoms with van der Waals surface area (Å²) in [6.07, 6.45) is 0. The van der Waals surface area contributed by atoms with Crippen LogP contribution in [-0.2, 0) is 4.79 Å². The van der Waals surface area contributed by atoms with Gasteiger partial charge in [0.1, 0.15) is 0 Å². The highest BCUT2D eigenvalue weighted by Crippen LogP contribution is 2.12. The molecule has 3 rings (SSSR count). The number of anilines is 1. The minimum atomic E-state index is -0.343. The minimum Gasteiger partial charge on any atom is -0.343 e. The van der Waals surface area contributed by atoms with E-state index in [1.165, 1.54) is 0 Å². The second-order valence-electron chi connectivity index (χ2n) is 5.20. The molecular formula is C17H16N4O2. The summed E-state index contributed by atoms with van der Waals surface area (Å²) in [5.74, 6) is -0.268. The van der Waals surface area contributed by atoms with Gasteiger partial charge < -0.3 is 10.3 Å². The average molecular weight is 308 g/mol. The highest BCUT2D eigenvalue weighted by molar-refractivity contribution is 5.99. The molecule has 0 aliphatic heterocycles. The molecule has 2 aromatic carbocycles. The average Bonchev–Trinajstić information content (AvgIpc) is 2.95. The first-order valence-electron chi connectivity index (χ1n) is 7.21. The topological polar surface area (TPSA) is 86.9 Å². The van der Waals surface area contributed by atoms with E-state index < -0.39 is 0 Å². The van der Waals surface area contributed by atoms with Crippen molar-refractivity contribution in [3.05, 3.63) is 59.7 Å². The van der Waals surface area contributed by atoms with Crippen molar-refractivity contribution < 1.29 is 9.59 Å². The number of hydrogen-bond donors (Lipinski definition) is 3. The first-order chi connectivity index (χ1) is 11.1. The Labute approximate surface area is 132 Å². The Morgan fingerprint density at radius 3 is 2.57 bits per heavy atom. The number of aryl methyl sites for hydroxylation is 1. The van der Waals surface area contributed by atoms with E-state index in [1.807, 2.05) is 43.3 Å². The van der Waals surface area contributed by atoms with Crippen LogP contribution in [0.3, 0.4) is 0 Å². The van der Waals surface area contributed by atoms with Crippen molar-refractivity contribution in [3.8, 4) is 0 Å². The monoisotopic (exact) mass is 308 g/mol. The first kappa shape index (κ1) is 14.8. The second kappa shape index (κ2) is 6.31. The van der Waals surface area contributed by atoms with Gasteiger partial charge in [-0.15, -0.1) is 0 Å². The number of rotatable bonds is 4. The lowest BCUT2D eigenvalue weighted by molar-refractivity contribution is -0.115. The number of hydrogen-bond acceptors (Lipinski definition) is 3. The van der Waals surface area contributed by atoms with Crippen molar-refractivity contribution in [1.29, 1.82) is 0 Å². The molecule has 0 fully saturated rings. The number of aromatic amines is 1. The van der Waals surface area contributed by atoms with Crippen molar-refractivity contribution in [2.75, 3.05) is 11.9 Å². The van der Waals surface area contributed by atoms with E-state index in [1.54, 1.807) is 12.1 Å². The summed E-state index contributed by atoms with van der Waals surface area (Å²) in [5, 5.41) is 5.21. The molecule has 0 saturated heterocycles. The largest absolute Gasteiger partial charge is 0.343 e. The van der Waals surface area contributed by atoms with Crippen LogP contribution in [0.2, 0.25) is 0 Å². The Hall–Kier alpha value is -3.15. The van der Waals surface area contributed by atoms with Gasteiger partial charge in [-0.2, -0.15) is 0 Å². The van der Waals surface area contributed by atoms with Crippen LogP contribution < -0.4 is 10.6 Å². The Kier molecular flexibility index (Phi) is 4.05. The van der Waals surface area contributed by atoms with E-state index in [-0.39, 0.29) is 18.4 Å². The fourth-order valence-electron chi connectivity index (χ4n) is 2.16. The third-order valence-electron chi connectivity index (χ3n) is 3.37. The lowest BCUT2D eigenvalue weighted by Crippen LogP contribution is -2.33. The third kappa shape index (κ3) is 3.55. The van der Waals surface area contributed by atoms with Crippen LogP contribution in [0.25, 0.3) is 11.0 Å². The van der Waals surface area contributed by atoms with Crippen molar-refractivity contribution in [2.45, 2.75) is 6.92 Å². The number of benzene rings is 2. The Balaban J connectivity index is 1.56. The maximum Gasteiger partial charge on any atom is 0.251 e. The van der Waals surface area contributed by atoms with Gasteiger partial charge in [0.05, 0.1) is 17.6 Å². The van der Waals surface area contributed by atoms with Crippen LogP contribution in [-0.4, -0.2) is 28.3 Å². The summed E-state index contributed by atoms with van der Waals surface area (Å²) in [6, 6.07) is 14.6. The van der Waals surface area contributed by atoms with Gasteiger partial charge in [-0.3, -0.25) is 14.9 Å². The smallest absolute Gasteiger partial charge is 0.251 e. The molecule has 0 aliphatic carbocycles. The van der Waals surface area contributed by atoms with Crippen molar-refractivity contribution >= 4 is 28.8 Å². The predicted octanol–water partition coefficient (Wildman–Crippen LogP) is 2.24. The molecule has 2 amide bonds. The van der Waals surface area contributed by atoms with Gasteiger partial charge >= 0.3 is 0 Å². The number of amides is 2. The zero-order valence-electron chi connectivity index (χ0n) is 12.6. The van der Waals surface area contributed by atoms with E-state index in [0.717, 1.165) is 16.6 Å². The highest BCUT2D eigenvalue weighted by Gasteiger charge is 2.09. The normalized spacial score (nSPS) is 10.5. The minimum absolute atomic E-state index is 0.121. The predicted molar refractivity (Wildman–Crippen MR) is 88.2 cm³/mol. The molecule has 0 atom stereocenters. The number of para-hydroxylation sites is 2. The van der Waals surface area contributed by atoms with E-state index in [9.17, 15) is 9.59 Å². The van der Waals surface area contributed by atoms with Crippen LogP contribution in [0, 0.1) is 6.92 Å². The molecule has 0 aliphatic rings. The van der Waals surface area contributed by atoms with Crippen molar-refractivity contribution in [3.63, 3.8) is 0 Å². The summed E-state index contributed by atoms with van der Waals surface area (Å²) in [5.41, 5.74) is 3.20. The molecule has 3 aromatic rings. The molecule has 6 heteroatoms. The summed E-state index contributed by atoms with van der Waals surface area (Å²) in [7, 11) is 0. The fourth-order valence-corrected chi connectivity index (χ4v) is 2.16. The lowest BCUT2D eigenvalue weighted by atomic mass is 10.1. The number of aromatic nitrogens is 2. The van der Waals surface area contributed by atoms with Gasteiger partial charge in [0.2, 0.25) is 11.9 Å². The highest BCUT2D eigenvalue weighted by atomic mass is 16.2. The maximum atomic E-state index is 11.9. The first-order valence-corrected chi connectivity index (χ1v) is 7.21. The van der Waals surface area contributed by atoms with Crippen molar-refractivity contribution in [1.82, 2.24) is 15.3 Å². The SMILES string of the molecule is Cc1ccc(C(=O)NCC(=O)Nc2nc3ccccc3[nH]2)cc1. The van der Waals surface area contributed by atoms with Crippen LogP contribution in [0.5, 0.6) is 0 Å². The number of nitrogens with one attached hydrogen (secondary N) is 3. The van der Waals surface area contributed by atoms with Crippen LogP contribution in [0.4, 0.5) is 5.95 Å². The lowest BCUT2D eigenvalue weighted by Gasteiger charge is -2.05. The summed E-state index contributed by atoms with van der Waals surface area (Å²) < 4.78 is 0. The van der Waals surface area contributed by atoms with E-state index in [0.29, 0.717) is 11.5 Å². The number of carbonyl (C=O) groups excluding carboxylic acids is 2. The zero-order chi connectivity index (χ0) is 16.2. The molecule has 0 spiro atoms. The molecule has 116 valence electrons. The molecule has 0 bridgehead atoms. The summed E-state index contributed by atoms with van der Waals surface area (Å²) in [4.78, 5) is 31.1. The van der Waals surface area contributed by atoms with Gasteiger partial charge in [-0.05, 0) is 31.2 Å². The summed E-state index contributed by atoms with van der Waals surface area (Å²) in [6.45, 7) is 1.83. The Bertz CT molecular complexity index is 819. The molecule has 6 nitrogen and oxygen atoms in total. The number of fused-ring (bicyclic) bond motifs is 1. The Morgan fingerprint density at radius 1 is 1.09 bits per heavy atom. The molecular weight excluding hydrogens is 292 g/mol. The second-order valence-corrected chi connectivity index (χ2v) is 5.20.